The standard InChI is InChI=1S/C29H32ClFN2O6S/c1-18-7-8-19(31)15-25(18)38-17-23-21(11-12-24-27(23)33(4)28(34)29(2,3)32-24)22-10-9-20(16-26(22)37-5)39-40(35,36)14-6-13-30/h7-12,15-16,32H,6,13-14,17H2,1-5H3. The van der Waals surface area contributed by atoms with Crippen LogP contribution in [0.3, 0.4) is 0 Å². The number of hydrogen-bond donors (Lipinski definition) is 1. The summed E-state index contributed by atoms with van der Waals surface area (Å²) in [5.74, 6) is 0.244. The zero-order valence-corrected chi connectivity index (χ0v) is 24.6. The third kappa shape index (κ3) is 6.13. The Hall–Kier alpha value is -3.50. The van der Waals surface area contributed by atoms with Crippen LogP contribution in [0.5, 0.6) is 17.2 Å². The molecule has 0 aliphatic carbocycles. The van der Waals surface area contributed by atoms with Gasteiger partial charge >= 0.3 is 10.1 Å². The van der Waals surface area contributed by atoms with E-state index in [0.29, 0.717) is 33.9 Å². The number of hydrogen-bond acceptors (Lipinski definition) is 7. The van der Waals surface area contributed by atoms with Crippen molar-refractivity contribution in [3.63, 3.8) is 0 Å². The number of carbonyl (C=O) groups excluding carboxylic acids is 1. The number of nitrogens with one attached hydrogen (secondary N) is 1. The van der Waals surface area contributed by atoms with Crippen molar-refractivity contribution in [2.75, 3.05) is 36.0 Å². The van der Waals surface area contributed by atoms with E-state index in [4.69, 9.17) is 25.3 Å². The number of aryl methyl sites for hydroxylation is 1. The van der Waals surface area contributed by atoms with Crippen molar-refractivity contribution in [2.24, 2.45) is 0 Å². The molecule has 1 amide bonds. The summed E-state index contributed by atoms with van der Waals surface area (Å²) in [6.07, 6.45) is 0.263. The molecule has 1 aliphatic rings. The second kappa shape index (κ2) is 11.5. The normalized spacial score (nSPS) is 14.4. The van der Waals surface area contributed by atoms with Crippen LogP contribution in [0.25, 0.3) is 11.1 Å². The number of ether oxygens (including phenoxy) is 2. The van der Waals surface area contributed by atoms with Gasteiger partial charge in [-0.2, -0.15) is 8.42 Å². The molecule has 0 aromatic heterocycles. The Morgan fingerprint density at radius 2 is 1.77 bits per heavy atom. The van der Waals surface area contributed by atoms with E-state index in [9.17, 15) is 17.6 Å². The van der Waals surface area contributed by atoms with Crippen LogP contribution in [0.1, 0.15) is 31.4 Å². The molecule has 0 spiro atoms. The molecule has 214 valence electrons. The summed E-state index contributed by atoms with van der Waals surface area (Å²) in [5, 5.41) is 3.30. The Bertz CT molecular complexity index is 1540. The average Bonchev–Trinajstić information content (AvgIpc) is 2.90. The van der Waals surface area contributed by atoms with Crippen molar-refractivity contribution in [3.05, 3.63) is 65.5 Å². The number of anilines is 2. The van der Waals surface area contributed by atoms with Gasteiger partial charge in [-0.3, -0.25) is 4.79 Å². The van der Waals surface area contributed by atoms with E-state index in [2.05, 4.69) is 5.32 Å². The third-order valence-electron chi connectivity index (χ3n) is 6.64. The lowest BCUT2D eigenvalue weighted by Gasteiger charge is -2.39. The number of rotatable bonds is 10. The van der Waals surface area contributed by atoms with Gasteiger partial charge in [0.1, 0.15) is 35.2 Å². The molecule has 0 saturated carbocycles. The highest BCUT2D eigenvalue weighted by Crippen LogP contribution is 2.45. The highest BCUT2D eigenvalue weighted by atomic mass is 35.5. The first-order chi connectivity index (χ1) is 18.9. The number of amides is 1. The van der Waals surface area contributed by atoms with Crippen molar-refractivity contribution in [1.82, 2.24) is 0 Å². The van der Waals surface area contributed by atoms with Gasteiger partial charge < -0.3 is 23.9 Å². The minimum Gasteiger partial charge on any atom is -0.496 e. The van der Waals surface area contributed by atoms with Gasteiger partial charge in [0, 0.05) is 36.2 Å². The summed E-state index contributed by atoms with van der Waals surface area (Å²) >= 11 is 5.63. The van der Waals surface area contributed by atoms with Crippen molar-refractivity contribution in [3.8, 4) is 28.4 Å². The van der Waals surface area contributed by atoms with E-state index in [0.717, 1.165) is 11.3 Å². The molecule has 4 rings (SSSR count). The van der Waals surface area contributed by atoms with E-state index in [1.165, 1.54) is 31.4 Å². The Balaban J connectivity index is 1.82. The molecule has 3 aromatic rings. The summed E-state index contributed by atoms with van der Waals surface area (Å²) in [7, 11) is -0.668. The largest absolute Gasteiger partial charge is 0.496 e. The summed E-state index contributed by atoms with van der Waals surface area (Å²) in [6, 6.07) is 12.8. The van der Waals surface area contributed by atoms with Crippen LogP contribution in [0, 0.1) is 12.7 Å². The minimum atomic E-state index is -3.83. The first-order valence-corrected chi connectivity index (χ1v) is 14.8. The predicted molar refractivity (Wildman–Crippen MR) is 155 cm³/mol. The van der Waals surface area contributed by atoms with E-state index in [1.807, 2.05) is 19.1 Å². The van der Waals surface area contributed by atoms with Crippen LogP contribution < -0.4 is 23.9 Å². The van der Waals surface area contributed by atoms with Crippen LogP contribution in [-0.2, 0) is 21.5 Å². The van der Waals surface area contributed by atoms with Crippen molar-refractivity contribution in [1.29, 1.82) is 0 Å². The third-order valence-corrected chi connectivity index (χ3v) is 8.14. The molecular formula is C29H32ClFN2O6S. The van der Waals surface area contributed by atoms with Gasteiger partial charge in [-0.25, -0.2) is 4.39 Å². The lowest BCUT2D eigenvalue weighted by Crippen LogP contribution is -2.52. The second-order valence-corrected chi connectivity index (χ2v) is 12.1. The number of nitrogens with zero attached hydrogens (tertiary/aromatic N) is 1. The number of fused-ring (bicyclic) bond motifs is 1. The van der Waals surface area contributed by atoms with Crippen LogP contribution in [0.15, 0.2) is 48.5 Å². The number of methoxy groups -OCH3 is 1. The van der Waals surface area contributed by atoms with Gasteiger partial charge in [0.05, 0.1) is 24.2 Å². The zero-order chi connectivity index (χ0) is 29.2. The van der Waals surface area contributed by atoms with E-state index >= 15 is 0 Å². The lowest BCUT2D eigenvalue weighted by atomic mass is 9.91. The van der Waals surface area contributed by atoms with Crippen LogP contribution >= 0.6 is 11.6 Å². The molecule has 0 radical (unpaired) electrons. The van der Waals surface area contributed by atoms with E-state index < -0.39 is 21.5 Å². The number of alkyl halides is 1. The molecule has 3 aromatic carbocycles. The molecule has 0 atom stereocenters. The average molecular weight is 591 g/mol. The molecule has 0 saturated heterocycles. The van der Waals surface area contributed by atoms with Gasteiger partial charge in [0.25, 0.3) is 5.91 Å². The number of halogens is 2. The highest BCUT2D eigenvalue weighted by molar-refractivity contribution is 7.87. The fourth-order valence-electron chi connectivity index (χ4n) is 4.67. The Morgan fingerprint density at radius 3 is 2.48 bits per heavy atom. The molecule has 40 heavy (non-hydrogen) atoms. The van der Waals surface area contributed by atoms with Crippen molar-refractivity contribution < 1.29 is 31.3 Å². The van der Waals surface area contributed by atoms with Gasteiger partial charge in [0.15, 0.2) is 0 Å². The number of benzene rings is 3. The smallest absolute Gasteiger partial charge is 0.309 e. The van der Waals surface area contributed by atoms with Gasteiger partial charge in [0.2, 0.25) is 0 Å². The Labute approximate surface area is 239 Å². The Kier molecular flexibility index (Phi) is 8.51. The van der Waals surface area contributed by atoms with Crippen LogP contribution in [0.2, 0.25) is 0 Å². The second-order valence-electron chi connectivity index (χ2n) is 10.1. The zero-order valence-electron chi connectivity index (χ0n) is 23.0. The molecule has 8 nitrogen and oxygen atoms in total. The molecule has 11 heteroatoms. The fourth-order valence-corrected chi connectivity index (χ4v) is 5.94. The fraction of sp³-hybridized carbons (Fsp3) is 0.345. The van der Waals surface area contributed by atoms with Crippen LogP contribution in [0.4, 0.5) is 15.8 Å². The highest BCUT2D eigenvalue weighted by Gasteiger charge is 2.38. The summed E-state index contributed by atoms with van der Waals surface area (Å²) < 4.78 is 55.6. The molecule has 1 N–H and O–H groups in total. The lowest BCUT2D eigenvalue weighted by molar-refractivity contribution is -0.121. The topological polar surface area (TPSA) is 94.2 Å². The maximum atomic E-state index is 14.0. The molecular weight excluding hydrogens is 559 g/mol. The Morgan fingerprint density at radius 1 is 1.05 bits per heavy atom. The minimum absolute atomic E-state index is 0.0107. The molecule has 1 aliphatic heterocycles. The van der Waals surface area contributed by atoms with E-state index in [1.54, 1.807) is 37.9 Å². The monoisotopic (exact) mass is 590 g/mol. The van der Waals surface area contributed by atoms with E-state index in [-0.39, 0.29) is 36.3 Å². The van der Waals surface area contributed by atoms with Gasteiger partial charge in [-0.05, 0) is 62.6 Å². The summed E-state index contributed by atoms with van der Waals surface area (Å²) in [5.41, 5.74) is 3.23. The molecule has 1 heterocycles. The number of likely N-dealkylation sites (N-methyl/N-ethyl adjacent to an activating group) is 1. The number of carbonyl (C=O) groups is 1. The maximum absolute atomic E-state index is 14.0. The summed E-state index contributed by atoms with van der Waals surface area (Å²) in [6.45, 7) is 5.44. The molecule has 0 unspecified atom stereocenters. The molecule has 0 bridgehead atoms. The van der Waals surface area contributed by atoms with Crippen molar-refractivity contribution in [2.45, 2.75) is 39.3 Å². The SMILES string of the molecule is COc1cc(OS(=O)(=O)CCCCl)ccc1-c1ccc2c(c1COc1cc(F)ccc1C)N(C)C(=O)C(C)(C)N2. The quantitative estimate of drug-likeness (QED) is 0.232. The van der Waals surface area contributed by atoms with Gasteiger partial charge in [-0.1, -0.05) is 12.1 Å². The first-order valence-electron chi connectivity index (χ1n) is 12.6. The first kappa shape index (κ1) is 29.5. The molecule has 0 fully saturated rings. The van der Waals surface area contributed by atoms with Crippen LogP contribution in [-0.4, -0.2) is 45.7 Å². The summed E-state index contributed by atoms with van der Waals surface area (Å²) in [4.78, 5) is 14.8. The predicted octanol–water partition coefficient (Wildman–Crippen LogP) is 5.89. The van der Waals surface area contributed by atoms with Crippen molar-refractivity contribution >= 4 is 39.0 Å². The van der Waals surface area contributed by atoms with Gasteiger partial charge in [-0.15, -0.1) is 11.6 Å². The maximum Gasteiger partial charge on any atom is 0.309 e.